The summed E-state index contributed by atoms with van der Waals surface area (Å²) in [6.07, 6.45) is 0. The molecule has 0 saturated carbocycles. The van der Waals surface area contributed by atoms with Gasteiger partial charge in [-0.05, 0) is 125 Å². The van der Waals surface area contributed by atoms with Crippen molar-refractivity contribution in [3.8, 4) is 44.5 Å². The molecular formula is C65H49N. The lowest BCUT2D eigenvalue weighted by atomic mass is 9.67. The maximum atomic E-state index is 2.59. The Morgan fingerprint density at radius 1 is 0.318 bits per heavy atom. The topological polar surface area (TPSA) is 3.24 Å². The third-order valence-corrected chi connectivity index (χ3v) is 15.5. The second-order valence-electron chi connectivity index (χ2n) is 19.6. The Morgan fingerprint density at radius 3 is 1.47 bits per heavy atom. The molecule has 0 fully saturated rings. The first-order chi connectivity index (χ1) is 32.3. The van der Waals surface area contributed by atoms with Crippen LogP contribution in [0.1, 0.15) is 72.2 Å². The molecule has 0 aromatic heterocycles. The molecule has 0 unspecified atom stereocenters. The van der Waals surface area contributed by atoms with E-state index >= 15 is 0 Å². The van der Waals surface area contributed by atoms with Crippen LogP contribution in [0.3, 0.4) is 0 Å². The Morgan fingerprint density at radius 2 is 0.803 bits per heavy atom. The van der Waals surface area contributed by atoms with Crippen LogP contribution in [-0.2, 0) is 16.2 Å². The lowest BCUT2D eigenvalue weighted by Gasteiger charge is -2.35. The van der Waals surface area contributed by atoms with Crippen LogP contribution < -0.4 is 4.90 Å². The highest BCUT2D eigenvalue weighted by molar-refractivity contribution is 6.09. The van der Waals surface area contributed by atoms with Gasteiger partial charge < -0.3 is 4.90 Å². The minimum absolute atomic E-state index is 0.170. The third-order valence-electron chi connectivity index (χ3n) is 15.5. The van der Waals surface area contributed by atoms with Crippen LogP contribution in [0.15, 0.2) is 224 Å². The van der Waals surface area contributed by atoms with Crippen LogP contribution in [0, 0.1) is 0 Å². The zero-order chi connectivity index (χ0) is 44.4. The molecule has 66 heavy (non-hydrogen) atoms. The molecule has 0 N–H and O–H groups in total. The maximum absolute atomic E-state index is 2.59. The molecule has 1 nitrogen and oxygen atoms in total. The van der Waals surface area contributed by atoms with E-state index in [1.165, 1.54) is 105 Å². The molecule has 3 aliphatic rings. The number of nitrogens with zero attached hydrogens (tertiary/aromatic N) is 1. The van der Waals surface area contributed by atoms with Crippen LogP contribution in [-0.4, -0.2) is 0 Å². The van der Waals surface area contributed by atoms with Gasteiger partial charge in [0.15, 0.2) is 0 Å². The van der Waals surface area contributed by atoms with Crippen molar-refractivity contribution in [3.63, 3.8) is 0 Å². The van der Waals surface area contributed by atoms with E-state index in [4.69, 9.17) is 0 Å². The monoisotopic (exact) mass is 843 g/mol. The summed E-state index contributed by atoms with van der Waals surface area (Å²) in [4.78, 5) is 2.59. The first-order valence-electron chi connectivity index (χ1n) is 23.4. The van der Waals surface area contributed by atoms with Crippen LogP contribution in [0.25, 0.3) is 55.3 Å². The van der Waals surface area contributed by atoms with Crippen LogP contribution in [0.4, 0.5) is 17.1 Å². The predicted octanol–water partition coefficient (Wildman–Crippen LogP) is 17.0. The van der Waals surface area contributed by atoms with Gasteiger partial charge in [0.2, 0.25) is 0 Å². The van der Waals surface area contributed by atoms with Crippen molar-refractivity contribution in [1.82, 2.24) is 0 Å². The second-order valence-corrected chi connectivity index (χ2v) is 19.6. The molecule has 0 radical (unpaired) electrons. The predicted molar refractivity (Wildman–Crippen MR) is 276 cm³/mol. The lowest BCUT2D eigenvalue weighted by Crippen LogP contribution is -2.28. The molecule has 0 aliphatic heterocycles. The molecule has 10 aromatic carbocycles. The number of rotatable bonds is 6. The zero-order valence-electron chi connectivity index (χ0n) is 37.8. The SMILES string of the molecule is CC1(C)c2ccccc2-c2ccc(N(c3ccc4c(c3)C(c3ccccc3)(c3ccccc3)c3ccccc3-4)c3cc4c(c5ccccc35)C(C)(C)c3cccc(-c5ccccc5)c3-4)cc21. The number of hydrogen-bond acceptors (Lipinski definition) is 1. The summed E-state index contributed by atoms with van der Waals surface area (Å²) in [6, 6.07) is 84.5. The fourth-order valence-corrected chi connectivity index (χ4v) is 12.6. The van der Waals surface area contributed by atoms with Gasteiger partial charge in [-0.25, -0.2) is 0 Å². The number of fused-ring (bicyclic) bond motifs is 11. The fourth-order valence-electron chi connectivity index (χ4n) is 12.6. The van der Waals surface area contributed by atoms with E-state index in [1.807, 2.05) is 0 Å². The van der Waals surface area contributed by atoms with Crippen molar-refractivity contribution >= 4 is 27.8 Å². The van der Waals surface area contributed by atoms with Gasteiger partial charge in [-0.2, -0.15) is 0 Å². The normalized spacial score (nSPS) is 15.0. The van der Waals surface area contributed by atoms with Crippen molar-refractivity contribution in [2.45, 2.75) is 43.9 Å². The van der Waals surface area contributed by atoms with Crippen molar-refractivity contribution in [2.24, 2.45) is 0 Å². The minimum Gasteiger partial charge on any atom is -0.310 e. The van der Waals surface area contributed by atoms with Gasteiger partial charge in [-0.3, -0.25) is 0 Å². The van der Waals surface area contributed by atoms with Crippen molar-refractivity contribution in [2.75, 3.05) is 4.90 Å². The molecule has 13 rings (SSSR count). The molecule has 0 saturated heterocycles. The highest BCUT2D eigenvalue weighted by Crippen LogP contribution is 2.60. The van der Waals surface area contributed by atoms with Gasteiger partial charge in [-0.15, -0.1) is 0 Å². The molecule has 0 amide bonds. The molecule has 0 spiro atoms. The van der Waals surface area contributed by atoms with Gasteiger partial charge in [0.25, 0.3) is 0 Å². The van der Waals surface area contributed by atoms with Crippen LogP contribution in [0.2, 0.25) is 0 Å². The first kappa shape index (κ1) is 38.7. The molecule has 0 atom stereocenters. The third kappa shape index (κ3) is 5.23. The Labute approximate surface area is 388 Å². The smallest absolute Gasteiger partial charge is 0.0714 e. The van der Waals surface area contributed by atoms with E-state index in [1.54, 1.807) is 0 Å². The average Bonchev–Trinajstić information content (AvgIpc) is 3.89. The summed E-state index contributed by atoms with van der Waals surface area (Å²) in [5.74, 6) is 0. The van der Waals surface area contributed by atoms with Crippen LogP contribution in [0.5, 0.6) is 0 Å². The average molecular weight is 844 g/mol. The summed E-state index contributed by atoms with van der Waals surface area (Å²) in [7, 11) is 0. The van der Waals surface area contributed by atoms with Crippen molar-refractivity contribution in [3.05, 3.63) is 269 Å². The summed E-state index contributed by atoms with van der Waals surface area (Å²) in [5, 5.41) is 2.53. The quantitative estimate of drug-likeness (QED) is 0.161. The largest absolute Gasteiger partial charge is 0.310 e. The van der Waals surface area contributed by atoms with E-state index in [9.17, 15) is 0 Å². The second kappa shape index (κ2) is 14.1. The number of anilines is 3. The molecular weight excluding hydrogens is 795 g/mol. The van der Waals surface area contributed by atoms with Gasteiger partial charge in [0, 0.05) is 27.6 Å². The van der Waals surface area contributed by atoms with E-state index < -0.39 is 5.41 Å². The standard InChI is InChI=1S/C65H49N/c1-63(2)55-32-18-16-27-48(55)50-37-35-45(39-58(50)63)66(46-36-38-51-49-28-17-19-33-56(49)65(59(51)40-46,43-23-10-6-11-24-43)44-25-12-7-13-26-44)60-41-54-61-47(42-21-8-5-9-22-42)31-20-34-57(61)64(3,4)62(54)53-30-15-14-29-52(53)60/h5-41H,1-4H3. The van der Waals surface area contributed by atoms with Crippen molar-refractivity contribution < 1.29 is 0 Å². The van der Waals surface area contributed by atoms with Gasteiger partial charge >= 0.3 is 0 Å². The Bertz CT molecular complexity index is 3540. The number of hydrogen-bond donors (Lipinski definition) is 0. The Kier molecular flexibility index (Phi) is 8.28. The Balaban J connectivity index is 1.13. The van der Waals surface area contributed by atoms with E-state index in [-0.39, 0.29) is 10.8 Å². The first-order valence-corrected chi connectivity index (χ1v) is 23.4. The molecule has 0 bridgehead atoms. The summed E-state index contributed by atoms with van der Waals surface area (Å²) in [6.45, 7) is 9.62. The van der Waals surface area contributed by atoms with E-state index in [2.05, 4.69) is 257 Å². The maximum Gasteiger partial charge on any atom is 0.0714 e. The fraction of sp³-hybridized carbons (Fsp3) is 0.108. The minimum atomic E-state index is -0.536. The molecule has 3 aliphatic carbocycles. The highest BCUT2D eigenvalue weighted by atomic mass is 15.1. The van der Waals surface area contributed by atoms with E-state index in [0.717, 1.165) is 11.4 Å². The Hall–Kier alpha value is -7.74. The molecule has 10 aromatic rings. The molecule has 0 heterocycles. The summed E-state index contributed by atoms with van der Waals surface area (Å²) in [5.41, 5.74) is 23.5. The highest BCUT2D eigenvalue weighted by Gasteiger charge is 2.47. The molecule has 314 valence electrons. The van der Waals surface area contributed by atoms with Gasteiger partial charge in [0.1, 0.15) is 0 Å². The van der Waals surface area contributed by atoms with Crippen molar-refractivity contribution in [1.29, 1.82) is 0 Å². The zero-order valence-corrected chi connectivity index (χ0v) is 37.8. The van der Waals surface area contributed by atoms with E-state index in [0.29, 0.717) is 0 Å². The lowest BCUT2D eigenvalue weighted by molar-refractivity contribution is 0.660. The van der Waals surface area contributed by atoms with Gasteiger partial charge in [0.05, 0.1) is 11.1 Å². The van der Waals surface area contributed by atoms with Crippen LogP contribution >= 0.6 is 0 Å². The summed E-state index contributed by atoms with van der Waals surface area (Å²) < 4.78 is 0. The number of benzene rings is 10. The van der Waals surface area contributed by atoms with Gasteiger partial charge in [-0.1, -0.05) is 222 Å². The molecule has 1 heteroatoms. The summed E-state index contributed by atoms with van der Waals surface area (Å²) >= 11 is 0.